The average Bonchev–Trinajstić information content (AvgIpc) is 3.16. The Morgan fingerprint density at radius 2 is 0.922 bits per heavy atom. The molecule has 0 amide bonds. The highest BCUT2D eigenvalue weighted by atomic mass is 32.2. The van der Waals surface area contributed by atoms with E-state index in [1.807, 2.05) is 36.4 Å². The molecular formula is C45H62O5S. The third-order valence-electron chi connectivity index (χ3n) is 9.01. The molecule has 3 aromatic carbocycles. The molecule has 0 radical (unpaired) electrons. The Bertz CT molecular complexity index is 1420. The third-order valence-corrected chi connectivity index (χ3v) is 10.0. The van der Waals surface area contributed by atoms with Gasteiger partial charge in [-0.05, 0) is 85.6 Å². The molecular weight excluding hydrogens is 653 g/mol. The number of esters is 1. The van der Waals surface area contributed by atoms with Gasteiger partial charge in [0.05, 0.1) is 23.7 Å². The van der Waals surface area contributed by atoms with Gasteiger partial charge in [-0.2, -0.15) is 0 Å². The molecule has 3 rings (SSSR count). The first-order valence-electron chi connectivity index (χ1n) is 19.8. The Morgan fingerprint density at radius 1 is 0.510 bits per heavy atom. The van der Waals surface area contributed by atoms with Crippen molar-refractivity contribution in [2.24, 2.45) is 0 Å². The van der Waals surface area contributed by atoms with E-state index >= 15 is 0 Å². The molecule has 0 fully saturated rings. The van der Waals surface area contributed by atoms with Crippen LogP contribution in [0.15, 0.2) is 77.7 Å². The second kappa shape index (κ2) is 27.3. The predicted molar refractivity (Wildman–Crippen MR) is 212 cm³/mol. The third kappa shape index (κ3) is 19.1. The van der Waals surface area contributed by atoms with Gasteiger partial charge in [0.25, 0.3) is 0 Å². The molecule has 0 bridgehead atoms. The maximum absolute atomic E-state index is 12.7. The molecule has 0 heterocycles. The van der Waals surface area contributed by atoms with Gasteiger partial charge < -0.3 is 9.47 Å². The van der Waals surface area contributed by atoms with Crippen LogP contribution >= 0.6 is 0 Å². The first kappa shape index (κ1) is 42.0. The second-order valence-corrected chi connectivity index (χ2v) is 14.7. The minimum atomic E-state index is -1.47. The topological polar surface area (TPSA) is 61.8 Å². The van der Waals surface area contributed by atoms with E-state index in [1.165, 1.54) is 109 Å². The molecule has 0 saturated heterocycles. The number of hydrogen-bond donors (Lipinski definition) is 0. The summed E-state index contributed by atoms with van der Waals surface area (Å²) >= 11 is -1.47. The Hall–Kier alpha value is -3.40. The first-order chi connectivity index (χ1) is 25.1. The minimum Gasteiger partial charge on any atom is -0.494 e. The Kier molecular flexibility index (Phi) is 22.5. The fraction of sp³-hybridized carbons (Fsp3) is 0.533. The van der Waals surface area contributed by atoms with Gasteiger partial charge in [0.2, 0.25) is 0 Å². The lowest BCUT2D eigenvalue weighted by molar-refractivity contribution is 0.0734. The van der Waals surface area contributed by atoms with Crippen LogP contribution in [-0.4, -0.2) is 23.4 Å². The van der Waals surface area contributed by atoms with Crippen molar-refractivity contribution in [3.63, 3.8) is 0 Å². The van der Waals surface area contributed by atoms with Gasteiger partial charge >= 0.3 is 5.97 Å². The molecule has 6 heteroatoms. The van der Waals surface area contributed by atoms with Crippen LogP contribution < -0.4 is 9.47 Å². The standard InChI is InChI=1S/C45H62O5S/c1-3-5-7-9-11-13-15-17-19-21-37-48-42-33-29-41(30-34-42)45(46)50-43-31-25-39(26-32-43)23-24-40-27-35-44(36-28-40)51(47)49-38-22-20-18-16-14-12-10-8-6-4-2/h25-36H,3-22,37-38H2,1-2H3. The summed E-state index contributed by atoms with van der Waals surface area (Å²) in [5, 5.41) is 0. The maximum atomic E-state index is 12.7. The van der Waals surface area contributed by atoms with Gasteiger partial charge in [-0.3, -0.25) is 4.18 Å². The van der Waals surface area contributed by atoms with Crippen molar-refractivity contribution >= 4 is 17.0 Å². The predicted octanol–water partition coefficient (Wildman–Crippen LogP) is 12.6. The number of rotatable bonds is 27. The summed E-state index contributed by atoms with van der Waals surface area (Å²) in [6.45, 7) is 5.71. The summed E-state index contributed by atoms with van der Waals surface area (Å²) in [6, 6.07) is 21.6. The lowest BCUT2D eigenvalue weighted by atomic mass is 10.1. The average molecular weight is 715 g/mol. The van der Waals surface area contributed by atoms with E-state index in [0.717, 1.165) is 36.1 Å². The zero-order valence-corrected chi connectivity index (χ0v) is 32.3. The molecule has 0 saturated carbocycles. The maximum Gasteiger partial charge on any atom is 0.343 e. The zero-order valence-electron chi connectivity index (χ0n) is 31.4. The monoisotopic (exact) mass is 714 g/mol. The van der Waals surface area contributed by atoms with Crippen molar-refractivity contribution in [2.75, 3.05) is 13.2 Å². The molecule has 0 N–H and O–H groups in total. The lowest BCUT2D eigenvalue weighted by Crippen LogP contribution is -2.08. The SMILES string of the molecule is CCCCCCCCCCCCOc1ccc(C(=O)Oc2ccc(C#Cc3ccc(S(=O)OCCCCCCCCCCCC)cc3)cc2)cc1. The highest BCUT2D eigenvalue weighted by molar-refractivity contribution is 7.80. The van der Waals surface area contributed by atoms with Crippen LogP contribution in [0.25, 0.3) is 0 Å². The van der Waals surface area contributed by atoms with Gasteiger partial charge in [-0.25, -0.2) is 9.00 Å². The van der Waals surface area contributed by atoms with E-state index in [9.17, 15) is 9.00 Å². The fourth-order valence-corrected chi connectivity index (χ4v) is 6.59. The van der Waals surface area contributed by atoms with Crippen molar-refractivity contribution in [3.8, 4) is 23.3 Å². The molecule has 0 aliphatic carbocycles. The van der Waals surface area contributed by atoms with E-state index in [2.05, 4.69) is 25.7 Å². The first-order valence-corrected chi connectivity index (χ1v) is 20.9. The van der Waals surface area contributed by atoms with Crippen LogP contribution in [0.4, 0.5) is 0 Å². The Balaban J connectivity index is 1.29. The fourth-order valence-electron chi connectivity index (χ4n) is 5.82. The van der Waals surface area contributed by atoms with Gasteiger partial charge in [-0.15, -0.1) is 0 Å². The van der Waals surface area contributed by atoms with Gasteiger partial charge in [0.1, 0.15) is 11.5 Å². The van der Waals surface area contributed by atoms with Crippen molar-refractivity contribution < 1.29 is 22.7 Å². The van der Waals surface area contributed by atoms with Crippen LogP contribution in [0.1, 0.15) is 164 Å². The molecule has 5 nitrogen and oxygen atoms in total. The number of unbranched alkanes of at least 4 members (excludes halogenated alkanes) is 18. The molecule has 3 aromatic rings. The summed E-state index contributed by atoms with van der Waals surface area (Å²) in [6.07, 6.45) is 25.5. The summed E-state index contributed by atoms with van der Waals surface area (Å²) < 4.78 is 29.5. The minimum absolute atomic E-state index is 0.417. The van der Waals surface area contributed by atoms with E-state index in [-0.39, 0.29) is 0 Å². The Labute approximate surface area is 311 Å². The van der Waals surface area contributed by atoms with E-state index < -0.39 is 17.0 Å². The van der Waals surface area contributed by atoms with Crippen LogP contribution in [-0.2, 0) is 15.3 Å². The number of hydrogen-bond acceptors (Lipinski definition) is 5. The van der Waals surface area contributed by atoms with Crippen LogP contribution in [0.3, 0.4) is 0 Å². The van der Waals surface area contributed by atoms with Gasteiger partial charge in [0, 0.05) is 11.1 Å². The van der Waals surface area contributed by atoms with Crippen molar-refractivity contribution in [3.05, 3.63) is 89.5 Å². The summed E-state index contributed by atoms with van der Waals surface area (Å²) in [5.41, 5.74) is 2.08. The summed E-state index contributed by atoms with van der Waals surface area (Å²) in [4.78, 5) is 13.3. The van der Waals surface area contributed by atoms with Crippen molar-refractivity contribution in [1.82, 2.24) is 0 Å². The van der Waals surface area contributed by atoms with Crippen LogP contribution in [0.2, 0.25) is 0 Å². The van der Waals surface area contributed by atoms with Crippen LogP contribution in [0, 0.1) is 11.8 Å². The number of carbonyl (C=O) groups is 1. The number of benzene rings is 3. The van der Waals surface area contributed by atoms with E-state index in [0.29, 0.717) is 29.4 Å². The quantitative estimate of drug-likeness (QED) is 0.0340. The summed E-state index contributed by atoms with van der Waals surface area (Å²) in [5.74, 6) is 7.07. The Morgan fingerprint density at radius 3 is 1.41 bits per heavy atom. The molecule has 0 spiro atoms. The van der Waals surface area contributed by atoms with E-state index in [1.54, 1.807) is 36.4 Å². The van der Waals surface area contributed by atoms with E-state index in [4.69, 9.17) is 13.7 Å². The van der Waals surface area contributed by atoms with Crippen molar-refractivity contribution in [1.29, 1.82) is 0 Å². The number of carbonyl (C=O) groups excluding carboxylic acids is 1. The molecule has 0 aliphatic rings. The second-order valence-electron chi connectivity index (χ2n) is 13.5. The van der Waals surface area contributed by atoms with Crippen molar-refractivity contribution in [2.45, 2.75) is 147 Å². The summed E-state index contributed by atoms with van der Waals surface area (Å²) in [7, 11) is 0. The molecule has 51 heavy (non-hydrogen) atoms. The van der Waals surface area contributed by atoms with Gasteiger partial charge in [0.15, 0.2) is 11.1 Å². The molecule has 0 aliphatic heterocycles. The molecule has 0 aromatic heterocycles. The zero-order chi connectivity index (χ0) is 36.2. The normalized spacial score (nSPS) is 11.5. The largest absolute Gasteiger partial charge is 0.494 e. The van der Waals surface area contributed by atoms with Gasteiger partial charge in [-0.1, -0.05) is 141 Å². The van der Waals surface area contributed by atoms with Crippen LogP contribution in [0.5, 0.6) is 11.5 Å². The molecule has 278 valence electrons. The smallest absolute Gasteiger partial charge is 0.343 e. The molecule has 1 unspecified atom stereocenters. The molecule has 1 atom stereocenters. The highest BCUT2D eigenvalue weighted by Gasteiger charge is 2.09. The lowest BCUT2D eigenvalue weighted by Gasteiger charge is -2.08. The highest BCUT2D eigenvalue weighted by Crippen LogP contribution is 2.18. The number of ether oxygens (including phenoxy) is 2.